The highest BCUT2D eigenvalue weighted by Crippen LogP contribution is 2.06. The van der Waals surface area contributed by atoms with E-state index >= 15 is 0 Å². The third-order valence-corrected chi connectivity index (χ3v) is 3.66. The van der Waals surface area contributed by atoms with Crippen LogP contribution < -0.4 is 11.1 Å². The third kappa shape index (κ3) is 7.78. The van der Waals surface area contributed by atoms with E-state index in [9.17, 15) is 18.0 Å². The molecule has 0 aromatic heterocycles. The normalized spacial score (nSPS) is 14.7. The van der Waals surface area contributed by atoms with Crippen LogP contribution in [-0.4, -0.2) is 50.0 Å². The maximum absolute atomic E-state index is 11.8. The minimum absolute atomic E-state index is 0.137. The smallest absolute Gasteiger partial charge is 0.326 e. The average molecular weight is 294 g/mol. The summed E-state index contributed by atoms with van der Waals surface area (Å²) in [6, 6.07) is -1.20. The van der Waals surface area contributed by atoms with Crippen molar-refractivity contribution in [2.75, 3.05) is 18.6 Å². The molecule has 0 radical (unpaired) electrons. The van der Waals surface area contributed by atoms with Gasteiger partial charge in [0.15, 0.2) is 0 Å². The van der Waals surface area contributed by atoms with Crippen LogP contribution in [-0.2, 0) is 19.4 Å². The molecule has 19 heavy (non-hydrogen) atoms. The van der Waals surface area contributed by atoms with Gasteiger partial charge in [-0.15, -0.1) is 0 Å². The molecule has 0 saturated heterocycles. The molecule has 0 aliphatic heterocycles. The van der Waals surface area contributed by atoms with Gasteiger partial charge in [0.05, 0.1) is 11.7 Å². The van der Waals surface area contributed by atoms with Gasteiger partial charge >= 0.3 is 5.97 Å². The second kappa shape index (κ2) is 8.11. The van der Waals surface area contributed by atoms with Crippen LogP contribution in [0.3, 0.4) is 0 Å². The Labute approximate surface area is 113 Å². The number of nitrogens with two attached hydrogens (primary N) is 1. The lowest BCUT2D eigenvalue weighted by atomic mass is 10.0. The van der Waals surface area contributed by atoms with Gasteiger partial charge < -0.3 is 16.2 Å². The van der Waals surface area contributed by atoms with Crippen molar-refractivity contribution in [2.45, 2.75) is 32.2 Å². The Hall–Kier alpha value is -1.15. The number of carboxylic acids is 1. The number of hydrogen-bond acceptors (Lipinski definition) is 5. The van der Waals surface area contributed by atoms with Gasteiger partial charge in [-0.1, -0.05) is 13.3 Å². The van der Waals surface area contributed by atoms with Gasteiger partial charge in [-0.2, -0.15) is 0 Å². The zero-order valence-electron chi connectivity index (χ0n) is 11.3. The number of aliphatic carboxylic acids is 1. The van der Waals surface area contributed by atoms with Crippen LogP contribution in [0.5, 0.6) is 0 Å². The predicted molar refractivity (Wildman–Crippen MR) is 71.3 cm³/mol. The number of carbonyl (C=O) groups excluding carboxylic acids is 1. The van der Waals surface area contributed by atoms with Crippen molar-refractivity contribution in [1.82, 2.24) is 5.32 Å². The summed E-state index contributed by atoms with van der Waals surface area (Å²) in [4.78, 5) is 22.8. The minimum atomic E-state index is -3.26. The summed E-state index contributed by atoms with van der Waals surface area (Å²) >= 11 is 0. The van der Waals surface area contributed by atoms with E-state index in [0.717, 1.165) is 12.7 Å². The molecule has 112 valence electrons. The number of carboxylic acid groups (broad SMARTS) is 1. The molecule has 0 aromatic rings. The van der Waals surface area contributed by atoms with Crippen molar-refractivity contribution in [2.24, 2.45) is 11.7 Å². The van der Waals surface area contributed by atoms with E-state index < -0.39 is 33.7 Å². The van der Waals surface area contributed by atoms with Crippen LogP contribution in [0.2, 0.25) is 0 Å². The standard InChI is InChI=1S/C11H22N2O5S/c1-3-4-8(7-12)10(14)13-9(11(15)16)5-6-19(2,17)18/h8-9H,3-7,12H2,1-2H3,(H,13,14)(H,15,16). The molecule has 0 heterocycles. The first-order chi connectivity index (χ1) is 8.71. The first-order valence-electron chi connectivity index (χ1n) is 6.12. The average Bonchev–Trinajstić information content (AvgIpc) is 2.29. The second-order valence-corrected chi connectivity index (χ2v) is 6.80. The van der Waals surface area contributed by atoms with Gasteiger partial charge in [-0.25, -0.2) is 13.2 Å². The summed E-state index contributed by atoms with van der Waals surface area (Å²) in [6.07, 6.45) is 2.20. The molecule has 2 atom stereocenters. The van der Waals surface area contributed by atoms with Crippen LogP contribution in [0, 0.1) is 5.92 Å². The largest absolute Gasteiger partial charge is 0.480 e. The quantitative estimate of drug-likeness (QED) is 0.519. The van der Waals surface area contributed by atoms with Gasteiger partial charge in [0.25, 0.3) is 0 Å². The molecule has 7 nitrogen and oxygen atoms in total. The fraction of sp³-hybridized carbons (Fsp3) is 0.818. The van der Waals surface area contributed by atoms with Gasteiger partial charge in [0, 0.05) is 12.8 Å². The van der Waals surface area contributed by atoms with Crippen LogP contribution in [0.1, 0.15) is 26.2 Å². The van der Waals surface area contributed by atoms with E-state index in [2.05, 4.69) is 5.32 Å². The maximum Gasteiger partial charge on any atom is 0.326 e. The molecular formula is C11H22N2O5S. The van der Waals surface area contributed by atoms with Crippen molar-refractivity contribution >= 4 is 21.7 Å². The lowest BCUT2D eigenvalue weighted by Gasteiger charge is -2.18. The van der Waals surface area contributed by atoms with E-state index in [4.69, 9.17) is 10.8 Å². The maximum atomic E-state index is 11.8. The van der Waals surface area contributed by atoms with E-state index in [-0.39, 0.29) is 18.7 Å². The highest BCUT2D eigenvalue weighted by atomic mass is 32.2. The predicted octanol–water partition coefficient (Wildman–Crippen LogP) is -0.634. The van der Waals surface area contributed by atoms with Crippen molar-refractivity contribution in [3.05, 3.63) is 0 Å². The third-order valence-electron chi connectivity index (χ3n) is 2.68. The second-order valence-electron chi connectivity index (χ2n) is 4.54. The van der Waals surface area contributed by atoms with E-state index in [1.165, 1.54) is 0 Å². The van der Waals surface area contributed by atoms with Gasteiger partial charge in [-0.3, -0.25) is 4.79 Å². The summed E-state index contributed by atoms with van der Waals surface area (Å²) in [7, 11) is -3.26. The zero-order chi connectivity index (χ0) is 15.1. The molecule has 8 heteroatoms. The molecule has 0 rings (SSSR count). The Kier molecular flexibility index (Phi) is 7.62. The van der Waals surface area contributed by atoms with E-state index in [1.54, 1.807) is 0 Å². The van der Waals surface area contributed by atoms with Crippen molar-refractivity contribution in [1.29, 1.82) is 0 Å². The Morgan fingerprint density at radius 3 is 2.26 bits per heavy atom. The summed E-state index contributed by atoms with van der Waals surface area (Å²) in [5.41, 5.74) is 5.45. The summed E-state index contributed by atoms with van der Waals surface area (Å²) in [6.45, 7) is 2.03. The van der Waals surface area contributed by atoms with E-state index in [1.807, 2.05) is 6.92 Å². The Bertz CT molecular complexity index is 407. The topological polar surface area (TPSA) is 127 Å². The summed E-state index contributed by atoms with van der Waals surface area (Å²) in [5.74, 6) is -2.41. The number of carbonyl (C=O) groups is 2. The SMILES string of the molecule is CCCC(CN)C(=O)NC(CCS(C)(=O)=O)C(=O)O. The van der Waals surface area contributed by atoms with Crippen molar-refractivity contribution < 1.29 is 23.1 Å². The molecule has 0 saturated carbocycles. The zero-order valence-corrected chi connectivity index (χ0v) is 12.1. The monoisotopic (exact) mass is 294 g/mol. The van der Waals surface area contributed by atoms with Gasteiger partial charge in [0.1, 0.15) is 15.9 Å². The number of amides is 1. The fourth-order valence-corrected chi connectivity index (χ4v) is 2.25. The van der Waals surface area contributed by atoms with Crippen LogP contribution in [0.25, 0.3) is 0 Å². The van der Waals surface area contributed by atoms with E-state index in [0.29, 0.717) is 6.42 Å². The fourth-order valence-electron chi connectivity index (χ4n) is 1.58. The summed E-state index contributed by atoms with van der Waals surface area (Å²) in [5, 5.41) is 11.3. The number of hydrogen-bond donors (Lipinski definition) is 3. The van der Waals surface area contributed by atoms with Crippen molar-refractivity contribution in [3.8, 4) is 0 Å². The molecule has 0 spiro atoms. The van der Waals surface area contributed by atoms with Crippen LogP contribution >= 0.6 is 0 Å². The molecule has 2 unspecified atom stereocenters. The summed E-state index contributed by atoms with van der Waals surface area (Å²) < 4.78 is 22.0. The highest BCUT2D eigenvalue weighted by molar-refractivity contribution is 7.90. The van der Waals surface area contributed by atoms with Crippen LogP contribution in [0.4, 0.5) is 0 Å². The molecule has 0 aliphatic rings. The minimum Gasteiger partial charge on any atom is -0.480 e. The number of rotatable bonds is 9. The van der Waals surface area contributed by atoms with Crippen LogP contribution in [0.15, 0.2) is 0 Å². The Balaban J connectivity index is 4.57. The Morgan fingerprint density at radius 2 is 1.89 bits per heavy atom. The first kappa shape index (κ1) is 17.8. The molecule has 0 fully saturated rings. The van der Waals surface area contributed by atoms with Gasteiger partial charge in [-0.05, 0) is 12.8 Å². The number of nitrogens with one attached hydrogen (secondary N) is 1. The van der Waals surface area contributed by atoms with Crippen molar-refractivity contribution in [3.63, 3.8) is 0 Å². The lowest BCUT2D eigenvalue weighted by Crippen LogP contribution is -2.46. The molecule has 0 aliphatic carbocycles. The first-order valence-corrected chi connectivity index (χ1v) is 8.18. The number of sulfone groups is 1. The van der Waals surface area contributed by atoms with Gasteiger partial charge in [0.2, 0.25) is 5.91 Å². The molecule has 1 amide bonds. The lowest BCUT2D eigenvalue weighted by molar-refractivity contribution is -0.142. The highest BCUT2D eigenvalue weighted by Gasteiger charge is 2.25. The molecule has 4 N–H and O–H groups in total. The molecular weight excluding hydrogens is 272 g/mol. The Morgan fingerprint density at radius 1 is 1.32 bits per heavy atom. The molecule has 0 bridgehead atoms. The molecule has 0 aromatic carbocycles.